The van der Waals surface area contributed by atoms with Crippen molar-refractivity contribution in [2.75, 3.05) is 13.1 Å². The van der Waals surface area contributed by atoms with Crippen LogP contribution in [0, 0.1) is 0 Å². The van der Waals surface area contributed by atoms with Crippen LogP contribution in [0.5, 0.6) is 0 Å². The Balaban J connectivity index is 1.97. The molecule has 17 heavy (non-hydrogen) atoms. The van der Waals surface area contributed by atoms with Gasteiger partial charge in [-0.05, 0) is 32.2 Å². The highest BCUT2D eigenvalue weighted by Crippen LogP contribution is 2.30. The molecule has 1 aliphatic heterocycles. The number of aliphatic carboxylic acids is 1. The Bertz CT molecular complexity index is 274. The smallest absolute Gasteiger partial charge is 0.320 e. The van der Waals surface area contributed by atoms with Crippen LogP contribution in [0.1, 0.15) is 51.4 Å². The van der Waals surface area contributed by atoms with E-state index in [-0.39, 0.29) is 6.04 Å². The van der Waals surface area contributed by atoms with Gasteiger partial charge in [0.25, 0.3) is 0 Å². The second kappa shape index (κ2) is 5.36. The lowest BCUT2D eigenvalue weighted by Crippen LogP contribution is -2.52. The average molecular weight is 241 g/mol. The van der Waals surface area contributed by atoms with Gasteiger partial charge >= 0.3 is 5.97 Å². The Labute approximate surface area is 103 Å². The maximum Gasteiger partial charge on any atom is 0.320 e. The number of carboxylic acid groups (broad SMARTS) is 1. The molecule has 0 aromatic rings. The van der Waals surface area contributed by atoms with E-state index in [9.17, 15) is 15.0 Å². The molecule has 4 nitrogen and oxygen atoms in total. The molecule has 2 aliphatic rings. The van der Waals surface area contributed by atoms with E-state index in [1.54, 1.807) is 0 Å². The van der Waals surface area contributed by atoms with Crippen molar-refractivity contribution in [2.45, 2.75) is 63.0 Å². The van der Waals surface area contributed by atoms with E-state index in [1.807, 2.05) is 4.90 Å². The minimum Gasteiger partial charge on any atom is -0.480 e. The third kappa shape index (κ3) is 3.19. The van der Waals surface area contributed by atoms with Crippen LogP contribution in [-0.4, -0.2) is 45.8 Å². The lowest BCUT2D eigenvalue weighted by Gasteiger charge is -2.41. The summed E-state index contributed by atoms with van der Waals surface area (Å²) in [5.74, 6) is -0.732. The highest BCUT2D eigenvalue weighted by atomic mass is 16.4. The molecule has 0 amide bonds. The molecule has 4 heteroatoms. The topological polar surface area (TPSA) is 60.8 Å². The number of likely N-dealkylation sites (tertiary alicyclic amines) is 1. The van der Waals surface area contributed by atoms with Crippen molar-refractivity contribution in [1.29, 1.82) is 0 Å². The molecule has 1 unspecified atom stereocenters. The van der Waals surface area contributed by atoms with E-state index < -0.39 is 11.6 Å². The van der Waals surface area contributed by atoms with Gasteiger partial charge < -0.3 is 10.2 Å². The standard InChI is InChI=1S/C13H23NO3/c15-12(16)11-6-2-5-9-14(11)10-13(17)7-3-1-4-8-13/h11,17H,1-10H2,(H,15,16). The zero-order valence-electron chi connectivity index (χ0n) is 10.4. The lowest BCUT2D eigenvalue weighted by molar-refractivity contribution is -0.146. The number of aliphatic hydroxyl groups is 1. The van der Waals surface area contributed by atoms with E-state index in [0.29, 0.717) is 6.54 Å². The second-order valence-corrected chi connectivity index (χ2v) is 5.61. The number of carbonyl (C=O) groups is 1. The van der Waals surface area contributed by atoms with Gasteiger partial charge in [0.05, 0.1) is 5.60 Å². The van der Waals surface area contributed by atoms with Crippen LogP contribution in [0.4, 0.5) is 0 Å². The number of nitrogens with zero attached hydrogens (tertiary/aromatic N) is 1. The van der Waals surface area contributed by atoms with Crippen molar-refractivity contribution in [1.82, 2.24) is 4.90 Å². The molecule has 2 rings (SSSR count). The first-order chi connectivity index (χ1) is 8.11. The minimum absolute atomic E-state index is 0.380. The highest BCUT2D eigenvalue weighted by Gasteiger charge is 2.36. The summed E-state index contributed by atoms with van der Waals surface area (Å²) in [5, 5.41) is 19.7. The van der Waals surface area contributed by atoms with Crippen molar-refractivity contribution >= 4 is 5.97 Å². The van der Waals surface area contributed by atoms with Gasteiger partial charge in [0.1, 0.15) is 6.04 Å². The van der Waals surface area contributed by atoms with Crippen LogP contribution in [0.3, 0.4) is 0 Å². The van der Waals surface area contributed by atoms with Crippen LogP contribution >= 0.6 is 0 Å². The first kappa shape index (κ1) is 12.8. The third-order valence-corrected chi connectivity index (χ3v) is 4.18. The van der Waals surface area contributed by atoms with Crippen molar-refractivity contribution < 1.29 is 15.0 Å². The molecule has 1 saturated carbocycles. The van der Waals surface area contributed by atoms with Gasteiger partial charge in [0, 0.05) is 6.54 Å². The summed E-state index contributed by atoms with van der Waals surface area (Å²) in [6, 6.07) is -0.380. The molecule has 0 aromatic carbocycles. The zero-order chi connectivity index (χ0) is 12.3. The lowest BCUT2D eigenvalue weighted by atomic mass is 9.83. The van der Waals surface area contributed by atoms with Crippen LogP contribution in [0.2, 0.25) is 0 Å². The maximum atomic E-state index is 11.2. The fraction of sp³-hybridized carbons (Fsp3) is 0.923. The molecule has 0 bridgehead atoms. The average Bonchev–Trinajstić information content (AvgIpc) is 2.29. The summed E-state index contributed by atoms with van der Waals surface area (Å²) < 4.78 is 0. The SMILES string of the molecule is O=C(O)C1CCCCN1CC1(O)CCCCC1. The molecule has 0 spiro atoms. The van der Waals surface area contributed by atoms with E-state index in [2.05, 4.69) is 0 Å². The summed E-state index contributed by atoms with van der Waals surface area (Å²) in [7, 11) is 0. The van der Waals surface area contributed by atoms with Crippen LogP contribution in [-0.2, 0) is 4.79 Å². The molecular weight excluding hydrogens is 218 g/mol. The van der Waals surface area contributed by atoms with Crippen molar-refractivity contribution in [3.63, 3.8) is 0 Å². The fourth-order valence-electron chi connectivity index (χ4n) is 3.21. The Hall–Kier alpha value is -0.610. The summed E-state index contributed by atoms with van der Waals surface area (Å²) >= 11 is 0. The molecular formula is C13H23NO3. The van der Waals surface area contributed by atoms with Gasteiger partial charge in [-0.15, -0.1) is 0 Å². The highest BCUT2D eigenvalue weighted by molar-refractivity contribution is 5.73. The minimum atomic E-state index is -0.732. The van der Waals surface area contributed by atoms with Gasteiger partial charge in [0.15, 0.2) is 0 Å². The van der Waals surface area contributed by atoms with E-state index in [4.69, 9.17) is 0 Å². The predicted octanol–water partition coefficient (Wildman–Crippen LogP) is 1.62. The van der Waals surface area contributed by atoms with Crippen molar-refractivity contribution in [3.05, 3.63) is 0 Å². The Morgan fingerprint density at radius 2 is 1.88 bits per heavy atom. The van der Waals surface area contributed by atoms with Crippen LogP contribution in [0.25, 0.3) is 0 Å². The first-order valence-electron chi connectivity index (χ1n) is 6.80. The summed E-state index contributed by atoms with van der Waals surface area (Å²) in [5.41, 5.74) is -0.636. The van der Waals surface area contributed by atoms with Crippen LogP contribution < -0.4 is 0 Å². The monoisotopic (exact) mass is 241 g/mol. The number of hydrogen-bond acceptors (Lipinski definition) is 3. The molecule has 1 atom stereocenters. The van der Waals surface area contributed by atoms with Gasteiger partial charge in [0.2, 0.25) is 0 Å². The van der Waals surface area contributed by atoms with Crippen molar-refractivity contribution in [2.24, 2.45) is 0 Å². The first-order valence-corrected chi connectivity index (χ1v) is 6.80. The van der Waals surface area contributed by atoms with Gasteiger partial charge in [-0.25, -0.2) is 0 Å². The molecule has 0 aromatic heterocycles. The number of rotatable bonds is 3. The van der Waals surface area contributed by atoms with E-state index >= 15 is 0 Å². The Kier molecular flexibility index (Phi) is 4.05. The van der Waals surface area contributed by atoms with Gasteiger partial charge in [-0.2, -0.15) is 0 Å². The third-order valence-electron chi connectivity index (χ3n) is 4.18. The van der Waals surface area contributed by atoms with Gasteiger partial charge in [-0.1, -0.05) is 25.7 Å². The Morgan fingerprint density at radius 1 is 1.18 bits per heavy atom. The predicted molar refractivity (Wildman–Crippen MR) is 64.9 cm³/mol. The van der Waals surface area contributed by atoms with Gasteiger partial charge in [-0.3, -0.25) is 9.69 Å². The largest absolute Gasteiger partial charge is 0.480 e. The maximum absolute atomic E-state index is 11.2. The molecule has 98 valence electrons. The number of β-amino-alcohol motifs (C(OH)–C–C–N with tert-alkyl or cyclic N) is 1. The zero-order valence-corrected chi connectivity index (χ0v) is 10.4. The second-order valence-electron chi connectivity index (χ2n) is 5.61. The number of piperidine rings is 1. The Morgan fingerprint density at radius 3 is 2.53 bits per heavy atom. The summed E-state index contributed by atoms with van der Waals surface area (Å²) in [6.07, 6.45) is 7.78. The molecule has 2 fully saturated rings. The normalized spacial score (nSPS) is 30.1. The molecule has 2 N–H and O–H groups in total. The molecule has 1 saturated heterocycles. The summed E-state index contributed by atoms with van der Waals surface area (Å²) in [6.45, 7) is 1.36. The molecule has 1 aliphatic carbocycles. The quantitative estimate of drug-likeness (QED) is 0.788. The number of carboxylic acids is 1. The van der Waals surface area contributed by atoms with Crippen LogP contribution in [0.15, 0.2) is 0 Å². The van der Waals surface area contributed by atoms with E-state index in [1.165, 1.54) is 6.42 Å². The van der Waals surface area contributed by atoms with Crippen molar-refractivity contribution in [3.8, 4) is 0 Å². The molecule has 1 heterocycles. The number of hydrogen-bond donors (Lipinski definition) is 2. The fourth-order valence-corrected chi connectivity index (χ4v) is 3.21. The summed E-state index contributed by atoms with van der Waals surface area (Å²) in [4.78, 5) is 13.2. The molecule has 0 radical (unpaired) electrons. The van der Waals surface area contributed by atoms with E-state index in [0.717, 1.165) is 51.5 Å².